The summed E-state index contributed by atoms with van der Waals surface area (Å²) < 4.78 is 4.92. The average Bonchev–Trinajstić information content (AvgIpc) is 2.97. The predicted molar refractivity (Wildman–Crippen MR) is 85.1 cm³/mol. The Morgan fingerprint density at radius 1 is 1.27 bits per heavy atom. The molecule has 0 fully saturated rings. The fourth-order valence-corrected chi connectivity index (χ4v) is 2.00. The van der Waals surface area contributed by atoms with Crippen LogP contribution in [0.5, 0.6) is 0 Å². The van der Waals surface area contributed by atoms with E-state index in [0.717, 1.165) is 13.0 Å². The van der Waals surface area contributed by atoms with Crippen LogP contribution in [0.2, 0.25) is 0 Å². The molecule has 1 aromatic rings. The third-order valence-electron chi connectivity index (χ3n) is 3.23. The van der Waals surface area contributed by atoms with E-state index in [0.29, 0.717) is 6.61 Å². The Kier molecular flexibility index (Phi) is 8.86. The number of esters is 1. The van der Waals surface area contributed by atoms with Gasteiger partial charge in [0.25, 0.3) is 0 Å². The quantitative estimate of drug-likeness (QED) is 0.291. The van der Waals surface area contributed by atoms with E-state index in [1.54, 1.807) is 11.9 Å². The summed E-state index contributed by atoms with van der Waals surface area (Å²) in [5.41, 5.74) is 0.235. The van der Waals surface area contributed by atoms with Gasteiger partial charge in [0, 0.05) is 13.6 Å². The molecule has 0 unspecified atom stereocenters. The number of carbonyl (C=O) groups excluding carboxylic acids is 1. The Labute approximate surface area is 132 Å². The first-order chi connectivity index (χ1) is 10.7. The number of rotatable bonds is 11. The van der Waals surface area contributed by atoms with Crippen molar-refractivity contribution in [3.8, 4) is 0 Å². The molecule has 0 aliphatic rings. The van der Waals surface area contributed by atoms with Crippen LogP contribution in [0.25, 0.3) is 0 Å². The minimum Gasteiger partial charge on any atom is -0.461 e. The normalized spacial score (nSPS) is 11.0. The Balaban J connectivity index is 2.35. The second-order valence-electron chi connectivity index (χ2n) is 5.16. The number of nitrogens with zero attached hydrogens (tertiary/aromatic N) is 4. The third kappa shape index (κ3) is 6.69. The minimum absolute atomic E-state index is 0.235. The van der Waals surface area contributed by atoms with Crippen molar-refractivity contribution >= 4 is 11.8 Å². The van der Waals surface area contributed by atoms with E-state index in [2.05, 4.69) is 27.2 Å². The fraction of sp³-hybridized carbons (Fsp3) is 0.733. The Bertz CT molecular complexity index is 459. The van der Waals surface area contributed by atoms with E-state index in [4.69, 9.17) is 4.74 Å². The summed E-state index contributed by atoms with van der Waals surface area (Å²) in [7, 11) is 1.87. The molecule has 1 heterocycles. The number of imidazole rings is 1. The van der Waals surface area contributed by atoms with Gasteiger partial charge >= 0.3 is 5.97 Å². The zero-order valence-electron chi connectivity index (χ0n) is 13.8. The van der Waals surface area contributed by atoms with Crippen molar-refractivity contribution in [2.75, 3.05) is 20.2 Å². The zero-order chi connectivity index (χ0) is 16.2. The maximum Gasteiger partial charge on any atom is 0.358 e. The van der Waals surface area contributed by atoms with Crippen LogP contribution < -0.4 is 0 Å². The topological polar surface area (TPSA) is 82.9 Å². The van der Waals surface area contributed by atoms with Crippen LogP contribution in [0.4, 0.5) is 5.82 Å². The van der Waals surface area contributed by atoms with Crippen molar-refractivity contribution < 1.29 is 9.53 Å². The molecule has 0 aliphatic carbocycles. The van der Waals surface area contributed by atoms with Gasteiger partial charge in [0.2, 0.25) is 5.82 Å². The van der Waals surface area contributed by atoms with Crippen molar-refractivity contribution in [2.45, 2.75) is 52.4 Å². The van der Waals surface area contributed by atoms with Crippen LogP contribution in [0.15, 0.2) is 16.7 Å². The molecule has 0 amide bonds. The van der Waals surface area contributed by atoms with Crippen LogP contribution in [0.1, 0.15) is 62.9 Å². The molecule has 0 aliphatic heterocycles. The van der Waals surface area contributed by atoms with Gasteiger partial charge in [-0.3, -0.25) is 5.01 Å². The Morgan fingerprint density at radius 2 is 2.00 bits per heavy atom. The summed E-state index contributed by atoms with van der Waals surface area (Å²) in [5, 5.41) is 9.84. The second kappa shape index (κ2) is 10.8. The van der Waals surface area contributed by atoms with Gasteiger partial charge in [-0.1, -0.05) is 44.3 Å². The molecule has 7 nitrogen and oxygen atoms in total. The molecule has 0 spiro atoms. The number of aromatic nitrogens is 2. The first-order valence-corrected chi connectivity index (χ1v) is 8.02. The number of unbranched alkanes of at least 4 members (excludes halogenated alkanes) is 5. The highest BCUT2D eigenvalue weighted by Gasteiger charge is 2.15. The number of carbonyl (C=O) groups is 1. The molecule has 0 atom stereocenters. The lowest BCUT2D eigenvalue weighted by molar-refractivity contribution is 0.0521. The van der Waals surface area contributed by atoms with Gasteiger partial charge in [0.15, 0.2) is 5.69 Å². The Hall–Kier alpha value is -1.92. The average molecular weight is 309 g/mol. The van der Waals surface area contributed by atoms with Crippen LogP contribution in [0, 0.1) is 0 Å². The first kappa shape index (κ1) is 18.1. The molecule has 1 rings (SSSR count). The van der Waals surface area contributed by atoms with Crippen LogP contribution in [-0.4, -0.2) is 41.1 Å². The lowest BCUT2D eigenvalue weighted by Gasteiger charge is -2.10. The molecule has 0 saturated carbocycles. The number of nitrogens with one attached hydrogen (secondary N) is 1. The third-order valence-corrected chi connectivity index (χ3v) is 3.23. The maximum atomic E-state index is 11.7. The number of aromatic amines is 1. The summed E-state index contributed by atoms with van der Waals surface area (Å²) in [6, 6.07) is 0. The van der Waals surface area contributed by atoms with Crippen molar-refractivity contribution in [3.63, 3.8) is 0 Å². The van der Waals surface area contributed by atoms with E-state index >= 15 is 0 Å². The smallest absolute Gasteiger partial charge is 0.358 e. The molecule has 1 N–H and O–H groups in total. The Morgan fingerprint density at radius 3 is 2.73 bits per heavy atom. The second-order valence-corrected chi connectivity index (χ2v) is 5.16. The molecule has 0 radical (unpaired) electrons. The van der Waals surface area contributed by atoms with Crippen molar-refractivity contribution in [1.29, 1.82) is 0 Å². The molecule has 0 bridgehead atoms. The highest BCUT2D eigenvalue weighted by Crippen LogP contribution is 2.15. The van der Waals surface area contributed by atoms with Gasteiger partial charge in [0.1, 0.15) is 0 Å². The standard InChI is InChI=1S/C15H27N5O2/c1-4-6-7-8-9-10-11-20(3)19-18-14-13(16-12-17-14)15(21)22-5-2/h12H,4-11H2,1-3H3,(H,16,17)/b19-18+. The van der Waals surface area contributed by atoms with E-state index in [1.807, 2.05) is 7.05 Å². The summed E-state index contributed by atoms with van der Waals surface area (Å²) in [4.78, 5) is 18.4. The first-order valence-electron chi connectivity index (χ1n) is 8.02. The van der Waals surface area contributed by atoms with Crippen molar-refractivity contribution in [3.05, 3.63) is 12.0 Å². The number of H-pyrrole nitrogens is 1. The summed E-state index contributed by atoms with van der Waals surface area (Å²) >= 11 is 0. The van der Waals surface area contributed by atoms with E-state index < -0.39 is 5.97 Å². The molecule has 0 saturated heterocycles. The molecular weight excluding hydrogens is 282 g/mol. The van der Waals surface area contributed by atoms with Gasteiger partial charge in [0.05, 0.1) is 12.9 Å². The van der Waals surface area contributed by atoms with E-state index in [1.165, 1.54) is 38.4 Å². The zero-order valence-corrected chi connectivity index (χ0v) is 13.8. The highest BCUT2D eigenvalue weighted by molar-refractivity contribution is 5.91. The largest absolute Gasteiger partial charge is 0.461 e. The van der Waals surface area contributed by atoms with Gasteiger partial charge in [-0.05, 0) is 13.3 Å². The fourth-order valence-electron chi connectivity index (χ4n) is 2.00. The molecule has 7 heteroatoms. The molecule has 22 heavy (non-hydrogen) atoms. The van der Waals surface area contributed by atoms with Crippen LogP contribution in [-0.2, 0) is 4.74 Å². The molecule has 124 valence electrons. The molecular formula is C15H27N5O2. The lowest BCUT2D eigenvalue weighted by Crippen LogP contribution is -2.11. The number of hydrogen-bond acceptors (Lipinski definition) is 5. The van der Waals surface area contributed by atoms with Crippen molar-refractivity contribution in [1.82, 2.24) is 15.0 Å². The van der Waals surface area contributed by atoms with Crippen LogP contribution >= 0.6 is 0 Å². The van der Waals surface area contributed by atoms with Gasteiger partial charge in [-0.25, -0.2) is 9.78 Å². The van der Waals surface area contributed by atoms with Crippen molar-refractivity contribution in [2.24, 2.45) is 10.3 Å². The monoisotopic (exact) mass is 309 g/mol. The van der Waals surface area contributed by atoms with Crippen LogP contribution in [0.3, 0.4) is 0 Å². The highest BCUT2D eigenvalue weighted by atomic mass is 16.5. The summed E-state index contributed by atoms with van der Waals surface area (Å²) in [6.45, 7) is 5.12. The number of hydrogen-bond donors (Lipinski definition) is 1. The van der Waals surface area contributed by atoms with Gasteiger partial charge < -0.3 is 9.72 Å². The number of ether oxygens (including phenoxy) is 1. The predicted octanol–water partition coefficient (Wildman–Crippen LogP) is 3.88. The lowest BCUT2D eigenvalue weighted by atomic mass is 10.1. The van der Waals surface area contributed by atoms with E-state index in [-0.39, 0.29) is 11.5 Å². The summed E-state index contributed by atoms with van der Waals surface area (Å²) in [6.07, 6.45) is 8.85. The summed E-state index contributed by atoms with van der Waals surface area (Å²) in [5.74, 6) is -0.208. The molecule has 1 aromatic heterocycles. The van der Waals surface area contributed by atoms with Gasteiger partial charge in [-0.2, -0.15) is 0 Å². The SMILES string of the molecule is CCCCCCCCN(C)/N=N/c1nc[nH]c1C(=O)OCC. The maximum absolute atomic E-state index is 11.7. The van der Waals surface area contributed by atoms with E-state index in [9.17, 15) is 4.79 Å². The minimum atomic E-state index is -0.465. The van der Waals surface area contributed by atoms with Gasteiger partial charge in [-0.15, -0.1) is 5.11 Å². The molecule has 0 aromatic carbocycles.